The Hall–Kier alpha value is -1.39. The predicted molar refractivity (Wildman–Crippen MR) is 109 cm³/mol. The zero-order valence-corrected chi connectivity index (χ0v) is 18.2. The van der Waals surface area contributed by atoms with Crippen LogP contribution in [0.5, 0.6) is 0 Å². The van der Waals surface area contributed by atoms with Gasteiger partial charge in [-0.05, 0) is 50.5 Å². The van der Waals surface area contributed by atoms with E-state index >= 15 is 0 Å². The van der Waals surface area contributed by atoms with Crippen LogP contribution in [0.25, 0.3) is 0 Å². The van der Waals surface area contributed by atoms with Crippen molar-refractivity contribution in [2.24, 2.45) is 17.8 Å². The molecule has 0 unspecified atom stereocenters. The lowest BCUT2D eigenvalue weighted by Gasteiger charge is -2.29. The average Bonchev–Trinajstić information content (AvgIpc) is 2.52. The summed E-state index contributed by atoms with van der Waals surface area (Å²) in [6.45, 7) is 15.1. The largest absolute Gasteiger partial charge is 0.460 e. The van der Waals surface area contributed by atoms with Crippen LogP contribution in [-0.4, -0.2) is 24.5 Å². The molecule has 0 fully saturated rings. The number of hydrogen-bond donors (Lipinski definition) is 0. The van der Waals surface area contributed by atoms with Gasteiger partial charge in [0.15, 0.2) is 0 Å². The molecular weight excluding hydrogens is 340 g/mol. The summed E-state index contributed by atoms with van der Waals surface area (Å²) in [6.07, 6.45) is 1.46. The van der Waals surface area contributed by atoms with Crippen molar-refractivity contribution in [2.45, 2.75) is 79.6 Å². The van der Waals surface area contributed by atoms with Gasteiger partial charge in [0.05, 0.1) is 12.7 Å². The number of carbonyl (C=O) groups excluding carboxylic acids is 1. The van der Waals surface area contributed by atoms with E-state index < -0.39 is 5.60 Å². The van der Waals surface area contributed by atoms with Gasteiger partial charge in [-0.15, -0.1) is 0 Å². The van der Waals surface area contributed by atoms with Crippen molar-refractivity contribution in [3.05, 3.63) is 35.9 Å². The second kappa shape index (κ2) is 11.5. The first-order valence-corrected chi connectivity index (χ1v) is 10.0. The van der Waals surface area contributed by atoms with E-state index in [1.54, 1.807) is 0 Å². The summed E-state index contributed by atoms with van der Waals surface area (Å²) in [7, 11) is 0. The normalized spacial score (nSPS) is 15.4. The molecule has 0 aromatic heterocycles. The highest BCUT2D eigenvalue weighted by Crippen LogP contribution is 2.25. The average molecular weight is 379 g/mol. The molecule has 0 amide bonds. The standard InChI is InChI=1S/C23H38O4/c1-17(2)22(26-16-25-15-20-11-9-8-10-12-20)19(4)13-18(3)14-21(24)27-23(5,6)7/h8-12,17-19,22H,13-16H2,1-7H3/t18-,19+,22-/m1/s1. The van der Waals surface area contributed by atoms with Crippen LogP contribution >= 0.6 is 0 Å². The summed E-state index contributed by atoms with van der Waals surface area (Å²) in [4.78, 5) is 12.0. The molecule has 4 nitrogen and oxygen atoms in total. The third-order valence-electron chi connectivity index (χ3n) is 4.38. The van der Waals surface area contributed by atoms with Crippen LogP contribution in [0.4, 0.5) is 0 Å². The molecule has 0 spiro atoms. The summed E-state index contributed by atoms with van der Waals surface area (Å²) >= 11 is 0. The maximum absolute atomic E-state index is 12.0. The summed E-state index contributed by atoms with van der Waals surface area (Å²) in [5.74, 6) is 0.845. The molecule has 4 heteroatoms. The number of carbonyl (C=O) groups is 1. The number of esters is 1. The van der Waals surface area contributed by atoms with E-state index in [4.69, 9.17) is 14.2 Å². The maximum Gasteiger partial charge on any atom is 0.306 e. The van der Waals surface area contributed by atoms with E-state index in [2.05, 4.69) is 27.7 Å². The van der Waals surface area contributed by atoms with Gasteiger partial charge in [0.2, 0.25) is 0 Å². The first kappa shape index (κ1) is 23.6. The Balaban J connectivity index is 2.40. The fourth-order valence-electron chi connectivity index (χ4n) is 3.39. The van der Waals surface area contributed by atoms with Gasteiger partial charge in [0.1, 0.15) is 12.4 Å². The topological polar surface area (TPSA) is 44.8 Å². The molecule has 0 aliphatic carbocycles. The van der Waals surface area contributed by atoms with Crippen LogP contribution in [0.3, 0.4) is 0 Å². The van der Waals surface area contributed by atoms with Crippen LogP contribution in [0.15, 0.2) is 30.3 Å². The van der Waals surface area contributed by atoms with E-state index in [-0.39, 0.29) is 24.8 Å². The third-order valence-corrected chi connectivity index (χ3v) is 4.38. The Kier molecular flexibility index (Phi) is 10.0. The van der Waals surface area contributed by atoms with Gasteiger partial charge < -0.3 is 14.2 Å². The van der Waals surface area contributed by atoms with Gasteiger partial charge in [-0.25, -0.2) is 0 Å². The van der Waals surface area contributed by atoms with Gasteiger partial charge in [-0.3, -0.25) is 4.79 Å². The van der Waals surface area contributed by atoms with E-state index in [1.807, 2.05) is 51.1 Å². The molecule has 0 saturated heterocycles. The van der Waals surface area contributed by atoms with E-state index in [9.17, 15) is 4.79 Å². The molecular formula is C23H38O4. The predicted octanol–water partition coefficient (Wildman–Crippen LogP) is 5.60. The lowest BCUT2D eigenvalue weighted by Crippen LogP contribution is -2.30. The molecule has 0 N–H and O–H groups in total. The molecule has 154 valence electrons. The number of ether oxygens (including phenoxy) is 3. The molecule has 0 bridgehead atoms. The van der Waals surface area contributed by atoms with Gasteiger partial charge in [0.25, 0.3) is 0 Å². The Morgan fingerprint density at radius 1 is 1.04 bits per heavy atom. The smallest absolute Gasteiger partial charge is 0.306 e. The monoisotopic (exact) mass is 378 g/mol. The maximum atomic E-state index is 12.0. The van der Waals surface area contributed by atoms with Crippen molar-refractivity contribution in [1.29, 1.82) is 0 Å². The zero-order valence-electron chi connectivity index (χ0n) is 18.2. The first-order chi connectivity index (χ1) is 12.6. The van der Waals surface area contributed by atoms with Crippen molar-refractivity contribution in [3.63, 3.8) is 0 Å². The first-order valence-electron chi connectivity index (χ1n) is 10.0. The molecule has 1 aromatic rings. The van der Waals surface area contributed by atoms with Gasteiger partial charge >= 0.3 is 5.97 Å². The van der Waals surface area contributed by atoms with Crippen LogP contribution in [0.1, 0.15) is 66.9 Å². The zero-order chi connectivity index (χ0) is 20.4. The van der Waals surface area contributed by atoms with E-state index in [0.29, 0.717) is 24.9 Å². The van der Waals surface area contributed by atoms with Crippen molar-refractivity contribution in [3.8, 4) is 0 Å². The summed E-state index contributed by atoms with van der Waals surface area (Å²) in [5, 5.41) is 0. The summed E-state index contributed by atoms with van der Waals surface area (Å²) in [5.41, 5.74) is 0.712. The van der Waals surface area contributed by atoms with Crippen molar-refractivity contribution >= 4 is 5.97 Å². The minimum absolute atomic E-state index is 0.0989. The van der Waals surface area contributed by atoms with E-state index in [0.717, 1.165) is 12.0 Å². The van der Waals surface area contributed by atoms with Crippen LogP contribution < -0.4 is 0 Å². The minimum atomic E-state index is -0.428. The Labute approximate surface area is 165 Å². The summed E-state index contributed by atoms with van der Waals surface area (Å²) in [6, 6.07) is 10.1. The van der Waals surface area contributed by atoms with Crippen LogP contribution in [-0.2, 0) is 25.6 Å². The molecule has 0 saturated carbocycles. The molecule has 3 atom stereocenters. The minimum Gasteiger partial charge on any atom is -0.460 e. The third kappa shape index (κ3) is 10.5. The highest BCUT2D eigenvalue weighted by Gasteiger charge is 2.25. The molecule has 27 heavy (non-hydrogen) atoms. The number of rotatable bonds is 11. The Morgan fingerprint density at radius 3 is 2.22 bits per heavy atom. The van der Waals surface area contributed by atoms with Gasteiger partial charge in [0, 0.05) is 6.42 Å². The molecule has 0 aliphatic heterocycles. The summed E-state index contributed by atoms with van der Waals surface area (Å²) < 4.78 is 17.1. The SMILES string of the molecule is CC(C)[C@@H](OCOCc1ccccc1)[C@@H](C)C[C@@H](C)CC(=O)OC(C)(C)C. The van der Waals surface area contributed by atoms with Crippen LogP contribution in [0.2, 0.25) is 0 Å². The lowest BCUT2D eigenvalue weighted by molar-refractivity contribution is -0.156. The second-order valence-corrected chi connectivity index (χ2v) is 8.94. The fourth-order valence-corrected chi connectivity index (χ4v) is 3.39. The lowest BCUT2D eigenvalue weighted by atomic mass is 9.86. The molecule has 0 radical (unpaired) electrons. The van der Waals surface area contributed by atoms with Gasteiger partial charge in [-0.1, -0.05) is 58.0 Å². The quantitative estimate of drug-likeness (QED) is 0.286. The number of hydrogen-bond acceptors (Lipinski definition) is 4. The number of benzene rings is 1. The molecule has 0 aliphatic rings. The molecule has 1 rings (SSSR count). The highest BCUT2D eigenvalue weighted by molar-refractivity contribution is 5.70. The molecule has 0 heterocycles. The van der Waals surface area contributed by atoms with Crippen molar-refractivity contribution < 1.29 is 19.0 Å². The van der Waals surface area contributed by atoms with Gasteiger partial charge in [-0.2, -0.15) is 0 Å². The van der Waals surface area contributed by atoms with E-state index in [1.165, 1.54) is 0 Å². The highest BCUT2D eigenvalue weighted by atomic mass is 16.7. The second-order valence-electron chi connectivity index (χ2n) is 8.94. The van der Waals surface area contributed by atoms with Crippen molar-refractivity contribution in [1.82, 2.24) is 0 Å². The fraction of sp³-hybridized carbons (Fsp3) is 0.696. The van der Waals surface area contributed by atoms with Crippen LogP contribution in [0, 0.1) is 17.8 Å². The molecule has 1 aromatic carbocycles. The Bertz CT molecular complexity index is 533. The Morgan fingerprint density at radius 2 is 1.67 bits per heavy atom. The van der Waals surface area contributed by atoms with Crippen molar-refractivity contribution in [2.75, 3.05) is 6.79 Å².